The van der Waals surface area contributed by atoms with Gasteiger partial charge in [-0.15, -0.1) is 0 Å². The van der Waals surface area contributed by atoms with Crippen LogP contribution in [0.4, 0.5) is 13.2 Å². The SMILES string of the molecule is O=c1cc[nH]cc1SC(F)(F)F. The Kier molecular flexibility index (Phi) is 2.46. The highest BCUT2D eigenvalue weighted by Crippen LogP contribution is 2.34. The van der Waals surface area contributed by atoms with Crippen molar-refractivity contribution in [2.24, 2.45) is 0 Å². The van der Waals surface area contributed by atoms with Gasteiger partial charge in [0.15, 0.2) is 5.43 Å². The van der Waals surface area contributed by atoms with Gasteiger partial charge in [-0.1, -0.05) is 0 Å². The second-order valence-corrected chi connectivity index (χ2v) is 3.03. The van der Waals surface area contributed by atoms with Crippen LogP contribution in [0.15, 0.2) is 28.2 Å². The van der Waals surface area contributed by atoms with E-state index in [4.69, 9.17) is 0 Å². The molecule has 1 N–H and O–H groups in total. The zero-order valence-electron chi connectivity index (χ0n) is 5.68. The zero-order valence-corrected chi connectivity index (χ0v) is 6.50. The highest BCUT2D eigenvalue weighted by molar-refractivity contribution is 8.00. The van der Waals surface area contributed by atoms with Gasteiger partial charge in [-0.25, -0.2) is 0 Å². The Morgan fingerprint density at radius 1 is 1.42 bits per heavy atom. The molecule has 0 spiro atoms. The van der Waals surface area contributed by atoms with Gasteiger partial charge in [0, 0.05) is 18.5 Å². The van der Waals surface area contributed by atoms with Crippen LogP contribution in [0.1, 0.15) is 0 Å². The molecule has 12 heavy (non-hydrogen) atoms. The summed E-state index contributed by atoms with van der Waals surface area (Å²) in [6.45, 7) is 0. The van der Waals surface area contributed by atoms with E-state index in [9.17, 15) is 18.0 Å². The van der Waals surface area contributed by atoms with Crippen molar-refractivity contribution < 1.29 is 13.2 Å². The summed E-state index contributed by atoms with van der Waals surface area (Å²) in [5.74, 6) is 0. The van der Waals surface area contributed by atoms with Gasteiger partial charge in [-0.05, 0) is 11.8 Å². The lowest BCUT2D eigenvalue weighted by Gasteiger charge is -2.02. The molecular formula is C6H4F3NOS. The zero-order chi connectivity index (χ0) is 9.19. The summed E-state index contributed by atoms with van der Waals surface area (Å²) in [5, 5.41) is 0. The van der Waals surface area contributed by atoms with E-state index in [1.165, 1.54) is 6.20 Å². The first-order chi connectivity index (χ1) is 5.49. The van der Waals surface area contributed by atoms with Crippen molar-refractivity contribution in [3.63, 3.8) is 0 Å². The quantitative estimate of drug-likeness (QED) is 0.695. The molecule has 0 radical (unpaired) electrons. The summed E-state index contributed by atoms with van der Waals surface area (Å²) < 4.78 is 35.2. The molecule has 0 saturated heterocycles. The molecular weight excluding hydrogens is 191 g/mol. The molecule has 6 heteroatoms. The van der Waals surface area contributed by atoms with Crippen molar-refractivity contribution in [1.29, 1.82) is 0 Å². The van der Waals surface area contributed by atoms with Gasteiger partial charge in [-0.2, -0.15) is 13.2 Å². The van der Waals surface area contributed by atoms with Crippen molar-refractivity contribution in [2.45, 2.75) is 10.4 Å². The first-order valence-corrected chi connectivity index (χ1v) is 3.73. The minimum Gasteiger partial charge on any atom is -0.366 e. The molecule has 0 atom stereocenters. The Morgan fingerprint density at radius 3 is 2.58 bits per heavy atom. The van der Waals surface area contributed by atoms with E-state index in [0.717, 1.165) is 12.3 Å². The molecule has 1 rings (SSSR count). The molecule has 0 unspecified atom stereocenters. The number of hydrogen-bond donors (Lipinski definition) is 1. The molecule has 1 heterocycles. The molecule has 0 aromatic carbocycles. The van der Waals surface area contributed by atoms with Crippen LogP contribution in [0.3, 0.4) is 0 Å². The maximum atomic E-state index is 11.7. The second kappa shape index (κ2) is 3.22. The second-order valence-electron chi connectivity index (χ2n) is 1.92. The third-order valence-electron chi connectivity index (χ3n) is 1.01. The molecule has 0 fully saturated rings. The number of alkyl halides is 3. The molecule has 0 aliphatic rings. The fourth-order valence-electron chi connectivity index (χ4n) is 0.605. The molecule has 66 valence electrons. The van der Waals surface area contributed by atoms with Gasteiger partial charge in [0.05, 0.1) is 4.90 Å². The molecule has 0 saturated carbocycles. The van der Waals surface area contributed by atoms with Gasteiger partial charge in [0.25, 0.3) is 0 Å². The normalized spacial score (nSPS) is 11.6. The third-order valence-corrected chi connectivity index (χ3v) is 1.78. The van der Waals surface area contributed by atoms with E-state index >= 15 is 0 Å². The molecule has 0 aliphatic carbocycles. The third kappa shape index (κ3) is 2.61. The lowest BCUT2D eigenvalue weighted by atomic mass is 10.5. The van der Waals surface area contributed by atoms with Gasteiger partial charge in [-0.3, -0.25) is 4.79 Å². The fourth-order valence-corrected chi connectivity index (χ4v) is 1.15. The van der Waals surface area contributed by atoms with Crippen molar-refractivity contribution in [3.8, 4) is 0 Å². The topological polar surface area (TPSA) is 32.9 Å². The average molecular weight is 195 g/mol. The fraction of sp³-hybridized carbons (Fsp3) is 0.167. The van der Waals surface area contributed by atoms with Gasteiger partial charge in [0.2, 0.25) is 0 Å². The predicted molar refractivity (Wildman–Crippen MR) is 39.0 cm³/mol. The van der Waals surface area contributed by atoms with Gasteiger partial charge < -0.3 is 4.98 Å². The van der Waals surface area contributed by atoms with E-state index < -0.39 is 22.7 Å². The van der Waals surface area contributed by atoms with Crippen molar-refractivity contribution in [2.75, 3.05) is 0 Å². The predicted octanol–water partition coefficient (Wildman–Crippen LogP) is 1.99. The van der Waals surface area contributed by atoms with Crippen LogP contribution in [-0.2, 0) is 0 Å². The minimum atomic E-state index is -4.41. The summed E-state index contributed by atoms with van der Waals surface area (Å²) in [4.78, 5) is 12.8. The number of rotatable bonds is 1. The van der Waals surface area contributed by atoms with Crippen LogP contribution >= 0.6 is 11.8 Å². The summed E-state index contributed by atoms with van der Waals surface area (Å²) in [5.41, 5.74) is -5.04. The highest BCUT2D eigenvalue weighted by Gasteiger charge is 2.30. The van der Waals surface area contributed by atoms with E-state index in [-0.39, 0.29) is 4.90 Å². The molecule has 0 amide bonds. The standard InChI is InChI=1S/C6H4F3NOS/c7-6(8,9)12-5-3-10-2-1-4(5)11/h1-3H,(H,10,11). The number of aromatic nitrogens is 1. The molecule has 0 aliphatic heterocycles. The Bertz CT molecular complexity index is 319. The van der Waals surface area contributed by atoms with E-state index in [1.807, 2.05) is 0 Å². The van der Waals surface area contributed by atoms with Crippen LogP contribution in [-0.4, -0.2) is 10.5 Å². The van der Waals surface area contributed by atoms with Gasteiger partial charge in [0.1, 0.15) is 0 Å². The van der Waals surface area contributed by atoms with Crippen LogP contribution in [0.5, 0.6) is 0 Å². The maximum Gasteiger partial charge on any atom is 0.446 e. The Balaban J connectivity index is 2.91. The number of aromatic amines is 1. The van der Waals surface area contributed by atoms with Crippen LogP contribution in [0, 0.1) is 0 Å². The minimum absolute atomic E-state index is 0.343. The number of halogens is 3. The largest absolute Gasteiger partial charge is 0.446 e. The van der Waals surface area contributed by atoms with E-state index in [0.29, 0.717) is 0 Å². The summed E-state index contributed by atoms with van der Waals surface area (Å²) in [6.07, 6.45) is 2.31. The number of nitrogens with one attached hydrogen (secondary N) is 1. The number of hydrogen-bond acceptors (Lipinski definition) is 2. The van der Waals surface area contributed by atoms with E-state index in [1.54, 1.807) is 0 Å². The first-order valence-electron chi connectivity index (χ1n) is 2.92. The maximum absolute atomic E-state index is 11.7. The number of thioether (sulfide) groups is 1. The van der Waals surface area contributed by atoms with Crippen molar-refractivity contribution >= 4 is 11.8 Å². The summed E-state index contributed by atoms with van der Waals surface area (Å²) in [6, 6.07) is 1.05. The Morgan fingerprint density at radius 2 is 2.08 bits per heavy atom. The van der Waals surface area contributed by atoms with Crippen molar-refractivity contribution in [1.82, 2.24) is 4.98 Å². The lowest BCUT2D eigenvalue weighted by molar-refractivity contribution is -0.0328. The first kappa shape index (κ1) is 9.18. The van der Waals surface area contributed by atoms with Crippen LogP contribution in [0.2, 0.25) is 0 Å². The lowest BCUT2D eigenvalue weighted by Crippen LogP contribution is -2.07. The monoisotopic (exact) mass is 195 g/mol. The van der Waals surface area contributed by atoms with Crippen LogP contribution in [0.25, 0.3) is 0 Å². The molecule has 2 nitrogen and oxygen atoms in total. The van der Waals surface area contributed by atoms with Gasteiger partial charge >= 0.3 is 5.51 Å². The average Bonchev–Trinajstić information content (AvgIpc) is 1.91. The Hall–Kier alpha value is -0.910. The summed E-state index contributed by atoms with van der Waals surface area (Å²) >= 11 is -0.416. The number of H-pyrrole nitrogens is 1. The number of pyridine rings is 1. The summed E-state index contributed by atoms with van der Waals surface area (Å²) in [7, 11) is 0. The molecule has 0 bridgehead atoms. The highest BCUT2D eigenvalue weighted by atomic mass is 32.2. The van der Waals surface area contributed by atoms with E-state index in [2.05, 4.69) is 4.98 Å². The molecule has 1 aromatic rings. The Labute approximate surface area is 69.8 Å². The molecule has 1 aromatic heterocycles. The smallest absolute Gasteiger partial charge is 0.366 e. The van der Waals surface area contributed by atoms with Crippen LogP contribution < -0.4 is 5.43 Å². The van der Waals surface area contributed by atoms with Crippen molar-refractivity contribution in [3.05, 3.63) is 28.7 Å².